The van der Waals surface area contributed by atoms with E-state index in [1.165, 1.54) is 32.1 Å². The van der Waals surface area contributed by atoms with Crippen LogP contribution in [-0.4, -0.2) is 26.0 Å². The van der Waals surface area contributed by atoms with Crippen molar-refractivity contribution in [2.45, 2.75) is 51.6 Å². The van der Waals surface area contributed by atoms with E-state index in [1.807, 2.05) is 13.3 Å². The minimum atomic E-state index is 0.454. The average Bonchev–Trinajstić information content (AvgIpc) is 3.00. The van der Waals surface area contributed by atoms with Crippen LogP contribution in [0.3, 0.4) is 0 Å². The molecule has 0 aliphatic heterocycles. The van der Waals surface area contributed by atoms with Crippen LogP contribution in [0.25, 0.3) is 0 Å². The lowest BCUT2D eigenvalue weighted by Gasteiger charge is -2.14. The molecule has 2 nitrogen and oxygen atoms in total. The molecule has 0 aromatic heterocycles. The molecule has 1 aliphatic rings. The molecule has 0 heterocycles. The first-order valence-electron chi connectivity index (χ1n) is 5.90. The Morgan fingerprint density at radius 1 is 1.43 bits per heavy atom. The Kier molecular flexibility index (Phi) is 5.85. The van der Waals surface area contributed by atoms with Crippen LogP contribution < -0.4 is 0 Å². The molecule has 0 bridgehead atoms. The van der Waals surface area contributed by atoms with Crippen LogP contribution >= 0.6 is 0 Å². The minimum Gasteiger partial charge on any atom is -0.378 e. The smallest absolute Gasteiger partial charge is 0.0652 e. The zero-order valence-corrected chi connectivity index (χ0v) is 9.54. The van der Waals surface area contributed by atoms with E-state index in [0.717, 1.165) is 18.9 Å². The van der Waals surface area contributed by atoms with Gasteiger partial charge in [0.2, 0.25) is 0 Å². The van der Waals surface area contributed by atoms with Crippen molar-refractivity contribution >= 4 is 6.21 Å². The van der Waals surface area contributed by atoms with Gasteiger partial charge in [0.15, 0.2) is 0 Å². The molecule has 0 amide bonds. The third-order valence-corrected chi connectivity index (χ3v) is 2.75. The van der Waals surface area contributed by atoms with Crippen molar-refractivity contribution in [1.29, 1.82) is 0 Å². The number of hydrogen-bond donors (Lipinski definition) is 0. The van der Waals surface area contributed by atoms with E-state index in [1.54, 1.807) is 0 Å². The fourth-order valence-electron chi connectivity index (χ4n) is 1.66. The van der Waals surface area contributed by atoms with Gasteiger partial charge in [-0.05, 0) is 25.2 Å². The highest BCUT2D eigenvalue weighted by Gasteiger charge is 2.30. The second kappa shape index (κ2) is 6.99. The van der Waals surface area contributed by atoms with Gasteiger partial charge in [-0.25, -0.2) is 0 Å². The highest BCUT2D eigenvalue weighted by Crippen LogP contribution is 2.35. The monoisotopic (exact) mass is 197 g/mol. The molecule has 1 atom stereocenters. The molecule has 1 fully saturated rings. The van der Waals surface area contributed by atoms with Gasteiger partial charge in [-0.3, -0.25) is 0 Å². The molecule has 1 unspecified atom stereocenters. The van der Waals surface area contributed by atoms with Crippen LogP contribution in [-0.2, 0) is 4.74 Å². The largest absolute Gasteiger partial charge is 0.378 e. The molecule has 0 N–H and O–H groups in total. The summed E-state index contributed by atoms with van der Waals surface area (Å²) in [4.78, 5) is 4.03. The first kappa shape index (κ1) is 11.7. The molecular weight excluding hydrogens is 174 g/mol. The molecule has 0 radical (unpaired) electrons. The molecule has 0 aromatic rings. The Morgan fingerprint density at radius 3 is 2.79 bits per heavy atom. The zero-order chi connectivity index (χ0) is 10.2. The van der Waals surface area contributed by atoms with E-state index in [9.17, 15) is 0 Å². The predicted octanol–water partition coefficient (Wildman–Crippen LogP) is 3.06. The van der Waals surface area contributed by atoms with Crippen molar-refractivity contribution in [2.75, 3.05) is 13.7 Å². The fourth-order valence-corrected chi connectivity index (χ4v) is 1.66. The summed E-state index contributed by atoms with van der Waals surface area (Å²) in [6, 6.07) is 0. The van der Waals surface area contributed by atoms with Crippen LogP contribution in [0.2, 0.25) is 0 Å². The highest BCUT2D eigenvalue weighted by atomic mass is 16.5. The predicted molar refractivity (Wildman–Crippen MR) is 61.0 cm³/mol. The molecule has 0 saturated heterocycles. The number of aliphatic imine (C=N–C) groups is 1. The third-order valence-electron chi connectivity index (χ3n) is 2.75. The van der Waals surface area contributed by atoms with Gasteiger partial charge in [-0.1, -0.05) is 19.8 Å². The number of unbranched alkanes of at least 4 members (excludes halogenated alkanes) is 2. The maximum atomic E-state index is 5.88. The number of rotatable bonds is 8. The van der Waals surface area contributed by atoms with Gasteiger partial charge in [-0.15, -0.1) is 0 Å². The topological polar surface area (TPSA) is 21.6 Å². The normalized spacial score (nSPS) is 19.0. The lowest BCUT2D eigenvalue weighted by Crippen LogP contribution is -2.16. The molecular formula is C12H23NO. The van der Waals surface area contributed by atoms with Crippen molar-refractivity contribution in [1.82, 2.24) is 0 Å². The van der Waals surface area contributed by atoms with Gasteiger partial charge in [0, 0.05) is 26.3 Å². The molecule has 82 valence electrons. The maximum Gasteiger partial charge on any atom is 0.0652 e. The second-order valence-corrected chi connectivity index (χ2v) is 4.13. The van der Waals surface area contributed by atoms with Crippen LogP contribution in [0.4, 0.5) is 0 Å². The summed E-state index contributed by atoms with van der Waals surface area (Å²) in [5.74, 6) is 0.828. The average molecular weight is 197 g/mol. The van der Waals surface area contributed by atoms with Crippen molar-refractivity contribution in [3.63, 3.8) is 0 Å². The van der Waals surface area contributed by atoms with Crippen LogP contribution in [0, 0.1) is 5.92 Å². The standard InChI is InChI=1S/C12H23NO/c1-3-4-5-10-14-12(8-9-13-2)11-6-7-11/h9,11-12H,3-8,10H2,1-2H3/b13-9+. The Bertz CT molecular complexity index is 164. The highest BCUT2D eigenvalue weighted by molar-refractivity contribution is 5.57. The first-order valence-corrected chi connectivity index (χ1v) is 5.90. The number of ether oxygens (including phenoxy) is 1. The van der Waals surface area contributed by atoms with E-state index < -0.39 is 0 Å². The first-order chi connectivity index (χ1) is 6.88. The summed E-state index contributed by atoms with van der Waals surface area (Å²) in [7, 11) is 1.83. The van der Waals surface area contributed by atoms with E-state index in [4.69, 9.17) is 4.74 Å². The van der Waals surface area contributed by atoms with E-state index >= 15 is 0 Å². The van der Waals surface area contributed by atoms with Gasteiger partial charge in [0.25, 0.3) is 0 Å². The summed E-state index contributed by atoms with van der Waals surface area (Å²) in [5, 5.41) is 0. The Hall–Kier alpha value is -0.370. The number of nitrogens with zero attached hydrogens (tertiary/aromatic N) is 1. The maximum absolute atomic E-state index is 5.88. The summed E-state index contributed by atoms with van der Waals surface area (Å²) >= 11 is 0. The van der Waals surface area contributed by atoms with Gasteiger partial charge < -0.3 is 9.73 Å². The molecule has 0 aromatic carbocycles. The van der Waals surface area contributed by atoms with Crippen molar-refractivity contribution in [3.8, 4) is 0 Å². The van der Waals surface area contributed by atoms with E-state index in [2.05, 4.69) is 11.9 Å². The van der Waals surface area contributed by atoms with Crippen LogP contribution in [0.5, 0.6) is 0 Å². The summed E-state index contributed by atoms with van der Waals surface area (Å²) in [6.07, 6.45) is 9.94. The summed E-state index contributed by atoms with van der Waals surface area (Å²) in [6.45, 7) is 3.16. The fraction of sp³-hybridized carbons (Fsp3) is 0.917. The zero-order valence-electron chi connectivity index (χ0n) is 9.54. The third kappa shape index (κ3) is 4.75. The molecule has 1 saturated carbocycles. The SMILES string of the molecule is CCCCCOC(C/C=N/C)C1CC1. The molecule has 1 aliphatic carbocycles. The van der Waals surface area contributed by atoms with E-state index in [-0.39, 0.29) is 0 Å². The van der Waals surface area contributed by atoms with E-state index in [0.29, 0.717) is 6.10 Å². The Morgan fingerprint density at radius 2 is 2.21 bits per heavy atom. The Balaban J connectivity index is 2.08. The quantitative estimate of drug-likeness (QED) is 0.433. The summed E-state index contributed by atoms with van der Waals surface area (Å²) in [5.41, 5.74) is 0. The van der Waals surface area contributed by atoms with Crippen LogP contribution in [0.15, 0.2) is 4.99 Å². The lowest BCUT2D eigenvalue weighted by atomic mass is 10.2. The minimum absolute atomic E-state index is 0.454. The second-order valence-electron chi connectivity index (χ2n) is 4.13. The molecule has 0 spiro atoms. The Labute approximate surface area is 87.8 Å². The van der Waals surface area contributed by atoms with Crippen molar-refractivity contribution in [3.05, 3.63) is 0 Å². The lowest BCUT2D eigenvalue weighted by molar-refractivity contribution is 0.0416. The van der Waals surface area contributed by atoms with Gasteiger partial charge in [0.1, 0.15) is 0 Å². The van der Waals surface area contributed by atoms with Crippen LogP contribution in [0.1, 0.15) is 45.4 Å². The molecule has 2 heteroatoms. The molecule has 1 rings (SSSR count). The molecule has 14 heavy (non-hydrogen) atoms. The number of hydrogen-bond acceptors (Lipinski definition) is 2. The van der Waals surface area contributed by atoms with Gasteiger partial charge >= 0.3 is 0 Å². The van der Waals surface area contributed by atoms with Gasteiger partial charge in [0.05, 0.1) is 6.10 Å². The van der Waals surface area contributed by atoms with Gasteiger partial charge in [-0.2, -0.15) is 0 Å². The summed E-state index contributed by atoms with van der Waals surface area (Å²) < 4.78 is 5.88. The van der Waals surface area contributed by atoms with Crippen molar-refractivity contribution in [2.24, 2.45) is 10.9 Å². The van der Waals surface area contributed by atoms with Crippen molar-refractivity contribution < 1.29 is 4.74 Å².